The summed E-state index contributed by atoms with van der Waals surface area (Å²) in [7, 11) is 0. The van der Waals surface area contributed by atoms with Crippen LogP contribution in [0, 0.1) is 28.9 Å². The number of Topliss-reactive ketones (excluding diaryl/α,β-unsaturated/α-hetero) is 1. The Kier molecular flexibility index (Phi) is 4.08. The number of nitro groups is 1. The summed E-state index contributed by atoms with van der Waals surface area (Å²) < 4.78 is 0. The first kappa shape index (κ1) is 19.2. The second kappa shape index (κ2) is 6.60. The number of nitrogens with zero attached hydrogens (tertiary/aromatic N) is 3. The molecule has 0 N–H and O–H groups in total. The Hall–Kier alpha value is -3.81. The molecule has 2 saturated heterocycles. The third-order valence-corrected chi connectivity index (χ3v) is 6.59. The van der Waals surface area contributed by atoms with Gasteiger partial charge in [-0.15, -0.1) is 0 Å². The van der Waals surface area contributed by atoms with Crippen molar-refractivity contribution < 1.29 is 19.3 Å². The van der Waals surface area contributed by atoms with Gasteiger partial charge in [0, 0.05) is 12.3 Å². The van der Waals surface area contributed by atoms with Crippen molar-refractivity contribution in [2.75, 3.05) is 4.90 Å². The summed E-state index contributed by atoms with van der Waals surface area (Å²) in [5.74, 6) is -2.70. The number of fused-ring (bicyclic) bond motifs is 5. The highest BCUT2D eigenvalue weighted by molar-refractivity contribution is 6.24. The summed E-state index contributed by atoms with van der Waals surface area (Å²) in [6, 6.07) is 10.7. The van der Waals surface area contributed by atoms with Crippen LogP contribution in [0.2, 0.25) is 0 Å². The standard InChI is InChI=1S/C23H19N3O5/c1-12-16(8-5-9-17(12)26(30)31)25-22(28)18-19(23(25)29)21-15-7-4-3-6-14(15)10-11-24(21)20(18)13(2)27/h3-11,18-21H,1-2H3/t18-,19-,20-,21+/m1/s1. The van der Waals surface area contributed by atoms with Crippen molar-refractivity contribution >= 4 is 35.0 Å². The number of hydrogen-bond donors (Lipinski definition) is 0. The van der Waals surface area contributed by atoms with E-state index in [1.165, 1.54) is 32.0 Å². The zero-order valence-electron chi connectivity index (χ0n) is 16.9. The molecule has 8 heteroatoms. The van der Waals surface area contributed by atoms with Gasteiger partial charge in [0.25, 0.3) is 5.69 Å². The van der Waals surface area contributed by atoms with Gasteiger partial charge >= 0.3 is 0 Å². The molecule has 2 aromatic carbocycles. The number of amides is 2. The van der Waals surface area contributed by atoms with Crippen molar-refractivity contribution in [2.24, 2.45) is 11.8 Å². The fourth-order valence-electron chi connectivity index (χ4n) is 5.31. The largest absolute Gasteiger partial charge is 0.359 e. The van der Waals surface area contributed by atoms with Crippen molar-refractivity contribution in [3.8, 4) is 0 Å². The Labute approximate surface area is 177 Å². The monoisotopic (exact) mass is 417 g/mol. The predicted molar refractivity (Wildman–Crippen MR) is 112 cm³/mol. The van der Waals surface area contributed by atoms with Gasteiger partial charge < -0.3 is 4.90 Å². The Morgan fingerprint density at radius 3 is 2.45 bits per heavy atom. The minimum atomic E-state index is -0.843. The summed E-state index contributed by atoms with van der Waals surface area (Å²) in [6.45, 7) is 2.95. The maximum absolute atomic E-state index is 13.6. The van der Waals surface area contributed by atoms with Gasteiger partial charge in [-0.1, -0.05) is 30.3 Å². The molecule has 0 radical (unpaired) electrons. The van der Waals surface area contributed by atoms with Crippen molar-refractivity contribution in [3.63, 3.8) is 0 Å². The Balaban J connectivity index is 1.66. The molecule has 31 heavy (non-hydrogen) atoms. The van der Waals surface area contributed by atoms with Gasteiger partial charge in [-0.25, -0.2) is 4.90 Å². The third kappa shape index (κ3) is 2.51. The van der Waals surface area contributed by atoms with Crippen molar-refractivity contribution in [3.05, 3.63) is 75.5 Å². The second-order valence-corrected chi connectivity index (χ2v) is 8.13. The zero-order chi connectivity index (χ0) is 22.0. The number of nitro benzene ring substituents is 1. The van der Waals surface area contributed by atoms with E-state index in [-0.39, 0.29) is 22.7 Å². The first-order valence-electron chi connectivity index (χ1n) is 9.99. The molecule has 0 bridgehead atoms. The van der Waals surface area contributed by atoms with Crippen molar-refractivity contribution in [1.29, 1.82) is 0 Å². The van der Waals surface area contributed by atoms with Crippen LogP contribution in [0.1, 0.15) is 29.7 Å². The first-order chi connectivity index (χ1) is 14.8. The molecular formula is C23H19N3O5. The molecule has 4 atom stereocenters. The van der Waals surface area contributed by atoms with Crippen LogP contribution in [-0.2, 0) is 14.4 Å². The number of anilines is 1. The zero-order valence-corrected chi connectivity index (χ0v) is 16.9. The van der Waals surface area contributed by atoms with Crippen LogP contribution in [-0.4, -0.2) is 33.5 Å². The Morgan fingerprint density at radius 1 is 1.03 bits per heavy atom. The van der Waals surface area contributed by atoms with Gasteiger partial charge in [0.15, 0.2) is 5.78 Å². The molecule has 0 spiro atoms. The highest BCUT2D eigenvalue weighted by Crippen LogP contribution is 2.53. The van der Waals surface area contributed by atoms with Crippen molar-refractivity contribution in [1.82, 2.24) is 4.90 Å². The number of rotatable bonds is 3. The van der Waals surface area contributed by atoms with Gasteiger partial charge in [0.2, 0.25) is 11.8 Å². The number of benzene rings is 2. The van der Waals surface area contributed by atoms with E-state index in [0.717, 1.165) is 16.0 Å². The lowest BCUT2D eigenvalue weighted by atomic mass is 9.84. The number of hydrogen-bond acceptors (Lipinski definition) is 6. The average Bonchev–Trinajstić information content (AvgIpc) is 3.21. The average molecular weight is 417 g/mol. The fourth-order valence-corrected chi connectivity index (χ4v) is 5.31. The van der Waals surface area contributed by atoms with E-state index < -0.39 is 40.7 Å². The van der Waals surface area contributed by atoms with E-state index in [4.69, 9.17) is 0 Å². The van der Waals surface area contributed by atoms with Gasteiger partial charge in [0.1, 0.15) is 0 Å². The molecule has 0 unspecified atom stereocenters. The van der Waals surface area contributed by atoms with Crippen LogP contribution in [0.3, 0.4) is 0 Å². The van der Waals surface area contributed by atoms with E-state index in [1.54, 1.807) is 6.20 Å². The molecule has 3 heterocycles. The molecule has 5 rings (SSSR count). The van der Waals surface area contributed by atoms with Gasteiger partial charge in [-0.05, 0) is 37.1 Å². The molecule has 3 aliphatic heterocycles. The third-order valence-electron chi connectivity index (χ3n) is 6.59. The lowest BCUT2D eigenvalue weighted by Crippen LogP contribution is -2.43. The minimum Gasteiger partial charge on any atom is -0.359 e. The highest BCUT2D eigenvalue weighted by atomic mass is 16.6. The predicted octanol–water partition coefficient (Wildman–Crippen LogP) is 3.01. The molecular weight excluding hydrogens is 398 g/mol. The first-order valence-corrected chi connectivity index (χ1v) is 9.99. The summed E-state index contributed by atoms with van der Waals surface area (Å²) in [5.41, 5.74) is 2.12. The molecule has 156 valence electrons. The van der Waals surface area contributed by atoms with Crippen LogP contribution in [0.4, 0.5) is 11.4 Å². The molecule has 0 aliphatic carbocycles. The number of carbonyl (C=O) groups excluding carboxylic acids is 3. The number of ketones is 1. The molecule has 2 amide bonds. The summed E-state index contributed by atoms with van der Waals surface area (Å²) in [4.78, 5) is 53.5. The van der Waals surface area contributed by atoms with Crippen molar-refractivity contribution in [2.45, 2.75) is 25.9 Å². The van der Waals surface area contributed by atoms with E-state index in [1.807, 2.05) is 35.2 Å². The maximum atomic E-state index is 13.6. The Morgan fingerprint density at radius 2 is 1.74 bits per heavy atom. The highest BCUT2D eigenvalue weighted by Gasteiger charge is 2.64. The van der Waals surface area contributed by atoms with Gasteiger partial charge in [-0.3, -0.25) is 24.5 Å². The van der Waals surface area contributed by atoms with Crippen LogP contribution in [0.5, 0.6) is 0 Å². The molecule has 2 fully saturated rings. The Bertz CT molecular complexity index is 1200. The fraction of sp³-hybridized carbons (Fsp3) is 0.261. The second-order valence-electron chi connectivity index (χ2n) is 8.13. The quantitative estimate of drug-likeness (QED) is 0.432. The SMILES string of the molecule is CC(=O)[C@@H]1[C@@H]2C(=O)N(c3cccc([N+](=O)[O-])c3C)C(=O)[C@H]2[C@@H]2c3ccccc3C=CN12. The van der Waals surface area contributed by atoms with Crippen LogP contribution in [0.25, 0.3) is 6.08 Å². The maximum Gasteiger partial charge on any atom is 0.274 e. The number of carbonyl (C=O) groups is 3. The summed E-state index contributed by atoms with van der Waals surface area (Å²) in [5, 5.41) is 11.4. The normalized spacial score (nSPS) is 26.0. The molecule has 8 nitrogen and oxygen atoms in total. The lowest BCUT2D eigenvalue weighted by molar-refractivity contribution is -0.385. The molecule has 2 aromatic rings. The van der Waals surface area contributed by atoms with Crippen LogP contribution < -0.4 is 4.90 Å². The van der Waals surface area contributed by atoms with E-state index >= 15 is 0 Å². The van der Waals surface area contributed by atoms with Crippen LogP contribution in [0.15, 0.2) is 48.7 Å². The van der Waals surface area contributed by atoms with E-state index in [2.05, 4.69) is 0 Å². The smallest absolute Gasteiger partial charge is 0.274 e. The van der Waals surface area contributed by atoms with Crippen LogP contribution >= 0.6 is 0 Å². The number of imide groups is 1. The molecule has 0 aromatic heterocycles. The van der Waals surface area contributed by atoms with Gasteiger partial charge in [-0.2, -0.15) is 0 Å². The lowest BCUT2D eigenvalue weighted by Gasteiger charge is -2.35. The topological polar surface area (TPSA) is 101 Å². The van der Waals surface area contributed by atoms with E-state index in [9.17, 15) is 24.5 Å². The molecule has 3 aliphatic rings. The minimum absolute atomic E-state index is 0.161. The van der Waals surface area contributed by atoms with E-state index in [0.29, 0.717) is 0 Å². The molecule has 0 saturated carbocycles. The summed E-state index contributed by atoms with van der Waals surface area (Å²) in [6.07, 6.45) is 3.68. The van der Waals surface area contributed by atoms with Gasteiger partial charge in [0.05, 0.1) is 40.1 Å². The summed E-state index contributed by atoms with van der Waals surface area (Å²) >= 11 is 0.